The highest BCUT2D eigenvalue weighted by Gasteiger charge is 2.42. The third-order valence-electron chi connectivity index (χ3n) is 5.43. The topological polar surface area (TPSA) is 46.3 Å². The Morgan fingerprint density at radius 2 is 1.90 bits per heavy atom. The summed E-state index contributed by atoms with van der Waals surface area (Å²) in [6, 6.07) is 0.453. The molecule has 2 rings (SSSR count). The molecule has 0 aromatic rings. The molecule has 2 atom stereocenters. The largest absolute Gasteiger partial charge is 0.338 e. The normalized spacial score (nSPS) is 30.8. The fourth-order valence-corrected chi connectivity index (χ4v) is 4.14. The van der Waals surface area contributed by atoms with Crippen LogP contribution in [0.3, 0.4) is 0 Å². The lowest BCUT2D eigenvalue weighted by Crippen LogP contribution is -2.59. The van der Waals surface area contributed by atoms with Crippen molar-refractivity contribution in [3.05, 3.63) is 0 Å². The van der Waals surface area contributed by atoms with Gasteiger partial charge in [0, 0.05) is 12.6 Å². The van der Waals surface area contributed by atoms with Crippen molar-refractivity contribution in [2.24, 2.45) is 17.6 Å². The highest BCUT2D eigenvalue weighted by molar-refractivity contribution is 5.86. The lowest BCUT2D eigenvalue weighted by molar-refractivity contribution is -0.141. The molecule has 0 aromatic carbocycles. The first-order valence-corrected chi connectivity index (χ1v) is 9.02. The molecule has 0 radical (unpaired) electrons. The number of carbonyl (C=O) groups excluding carboxylic acids is 1. The Balaban J connectivity index is 2.08. The van der Waals surface area contributed by atoms with Gasteiger partial charge in [0.1, 0.15) is 0 Å². The summed E-state index contributed by atoms with van der Waals surface area (Å²) in [6.07, 6.45) is 10.1. The predicted molar refractivity (Wildman–Crippen MR) is 88.0 cm³/mol. The van der Waals surface area contributed by atoms with Gasteiger partial charge in [-0.1, -0.05) is 46.5 Å². The summed E-state index contributed by atoms with van der Waals surface area (Å²) >= 11 is 0. The van der Waals surface area contributed by atoms with Gasteiger partial charge in [-0.3, -0.25) is 4.79 Å². The second-order valence-electron chi connectivity index (χ2n) is 7.98. The molecule has 1 amide bonds. The van der Waals surface area contributed by atoms with Crippen molar-refractivity contribution in [3.63, 3.8) is 0 Å². The lowest BCUT2D eigenvalue weighted by atomic mass is 9.76. The van der Waals surface area contributed by atoms with Gasteiger partial charge in [0.15, 0.2) is 0 Å². The van der Waals surface area contributed by atoms with E-state index in [1.165, 1.54) is 32.1 Å². The summed E-state index contributed by atoms with van der Waals surface area (Å²) in [6.45, 7) is 7.60. The molecule has 0 heterocycles. The second kappa shape index (κ2) is 7.13. The maximum absolute atomic E-state index is 13.2. The molecule has 0 aliphatic heterocycles. The zero-order valence-corrected chi connectivity index (χ0v) is 14.2. The molecule has 21 heavy (non-hydrogen) atoms. The molecule has 2 aliphatic rings. The van der Waals surface area contributed by atoms with E-state index in [1.807, 2.05) is 0 Å². The number of rotatable bonds is 5. The minimum absolute atomic E-state index is 0.251. The van der Waals surface area contributed by atoms with Crippen molar-refractivity contribution in [1.29, 1.82) is 0 Å². The maximum Gasteiger partial charge on any atom is 0.242 e. The summed E-state index contributed by atoms with van der Waals surface area (Å²) in [5.74, 6) is 1.48. The fraction of sp³-hybridized carbons (Fsp3) is 0.944. The third kappa shape index (κ3) is 4.21. The molecule has 0 spiro atoms. The van der Waals surface area contributed by atoms with Crippen LogP contribution in [0, 0.1) is 11.8 Å². The molecule has 0 aromatic heterocycles. The quantitative estimate of drug-likeness (QED) is 0.840. The molecule has 2 saturated carbocycles. The van der Waals surface area contributed by atoms with E-state index in [1.54, 1.807) is 0 Å². The molecule has 0 bridgehead atoms. The molecule has 122 valence electrons. The van der Waals surface area contributed by atoms with Crippen LogP contribution in [-0.4, -0.2) is 28.9 Å². The second-order valence-corrected chi connectivity index (χ2v) is 7.98. The van der Waals surface area contributed by atoms with Gasteiger partial charge < -0.3 is 10.6 Å². The standard InChI is InChI=1S/C18H34N2O/c1-14(2)10-12-20(16-8-4-5-9-16)17(21)18(19)11-6-7-15(3)13-18/h14-16H,4-13,19H2,1-3H3. The summed E-state index contributed by atoms with van der Waals surface area (Å²) in [5.41, 5.74) is 5.99. The average molecular weight is 294 g/mol. The van der Waals surface area contributed by atoms with Crippen LogP contribution in [0.2, 0.25) is 0 Å². The zero-order valence-electron chi connectivity index (χ0n) is 14.2. The lowest BCUT2D eigenvalue weighted by Gasteiger charge is -2.41. The highest BCUT2D eigenvalue weighted by atomic mass is 16.2. The molecule has 3 heteroatoms. The minimum Gasteiger partial charge on any atom is -0.338 e. The molecule has 2 N–H and O–H groups in total. The van der Waals surface area contributed by atoms with Crippen LogP contribution in [0.25, 0.3) is 0 Å². The molecule has 2 fully saturated rings. The van der Waals surface area contributed by atoms with Crippen molar-refractivity contribution in [3.8, 4) is 0 Å². The molecular weight excluding hydrogens is 260 g/mol. The van der Waals surface area contributed by atoms with E-state index in [9.17, 15) is 4.79 Å². The first-order chi connectivity index (χ1) is 9.92. The molecule has 2 unspecified atom stereocenters. The van der Waals surface area contributed by atoms with Crippen molar-refractivity contribution < 1.29 is 4.79 Å². The third-order valence-corrected chi connectivity index (χ3v) is 5.43. The summed E-state index contributed by atoms with van der Waals surface area (Å²) in [7, 11) is 0. The Kier molecular flexibility index (Phi) is 5.70. The SMILES string of the molecule is CC(C)CCN(C(=O)C1(N)CCCC(C)C1)C1CCCC1. The first kappa shape index (κ1) is 16.8. The van der Waals surface area contributed by atoms with Crippen LogP contribution in [0.15, 0.2) is 0 Å². The van der Waals surface area contributed by atoms with Crippen molar-refractivity contribution in [2.45, 2.75) is 90.1 Å². The summed E-state index contributed by atoms with van der Waals surface area (Å²) in [4.78, 5) is 15.3. The highest BCUT2D eigenvalue weighted by Crippen LogP contribution is 2.34. The first-order valence-electron chi connectivity index (χ1n) is 9.02. The van der Waals surface area contributed by atoms with Gasteiger partial charge in [-0.25, -0.2) is 0 Å². The Hall–Kier alpha value is -0.570. The molecule has 3 nitrogen and oxygen atoms in total. The molecular formula is C18H34N2O. The van der Waals surface area contributed by atoms with Gasteiger partial charge in [0.05, 0.1) is 5.54 Å². The van der Waals surface area contributed by atoms with E-state index in [0.29, 0.717) is 17.9 Å². The van der Waals surface area contributed by atoms with Gasteiger partial charge in [0.2, 0.25) is 5.91 Å². The van der Waals surface area contributed by atoms with Crippen LogP contribution < -0.4 is 5.73 Å². The minimum atomic E-state index is -0.586. The van der Waals surface area contributed by atoms with E-state index in [2.05, 4.69) is 25.7 Å². The number of nitrogens with zero attached hydrogens (tertiary/aromatic N) is 1. The smallest absolute Gasteiger partial charge is 0.242 e. The van der Waals surface area contributed by atoms with E-state index in [4.69, 9.17) is 5.73 Å². The number of nitrogens with two attached hydrogens (primary N) is 1. The zero-order chi connectivity index (χ0) is 15.5. The number of carbonyl (C=O) groups is 1. The van der Waals surface area contributed by atoms with E-state index in [0.717, 1.165) is 32.2 Å². The maximum atomic E-state index is 13.2. The molecule has 0 saturated heterocycles. The van der Waals surface area contributed by atoms with Crippen molar-refractivity contribution >= 4 is 5.91 Å². The Morgan fingerprint density at radius 1 is 1.24 bits per heavy atom. The van der Waals surface area contributed by atoms with Crippen LogP contribution in [0.4, 0.5) is 0 Å². The van der Waals surface area contributed by atoms with Gasteiger partial charge in [-0.15, -0.1) is 0 Å². The number of hydrogen-bond donors (Lipinski definition) is 1. The van der Waals surface area contributed by atoms with Gasteiger partial charge in [-0.2, -0.15) is 0 Å². The Morgan fingerprint density at radius 3 is 2.48 bits per heavy atom. The fourth-order valence-electron chi connectivity index (χ4n) is 4.14. The summed E-state index contributed by atoms with van der Waals surface area (Å²) in [5, 5.41) is 0. The van der Waals surface area contributed by atoms with Crippen molar-refractivity contribution in [1.82, 2.24) is 4.90 Å². The van der Waals surface area contributed by atoms with Crippen LogP contribution >= 0.6 is 0 Å². The van der Waals surface area contributed by atoms with E-state index in [-0.39, 0.29) is 5.91 Å². The predicted octanol–water partition coefficient (Wildman–Crippen LogP) is 3.71. The van der Waals surface area contributed by atoms with Gasteiger partial charge in [0.25, 0.3) is 0 Å². The monoisotopic (exact) mass is 294 g/mol. The van der Waals surface area contributed by atoms with Crippen molar-refractivity contribution in [2.75, 3.05) is 6.54 Å². The van der Waals surface area contributed by atoms with Crippen LogP contribution in [0.1, 0.15) is 78.6 Å². The number of amides is 1. The average Bonchev–Trinajstić information content (AvgIpc) is 2.92. The van der Waals surface area contributed by atoms with Gasteiger partial charge >= 0.3 is 0 Å². The number of hydrogen-bond acceptors (Lipinski definition) is 2. The van der Waals surface area contributed by atoms with Gasteiger partial charge in [-0.05, 0) is 43.9 Å². The van der Waals surface area contributed by atoms with Crippen LogP contribution in [-0.2, 0) is 4.79 Å². The molecule has 2 aliphatic carbocycles. The van der Waals surface area contributed by atoms with Crippen LogP contribution in [0.5, 0.6) is 0 Å². The Labute approximate surface area is 130 Å². The van der Waals surface area contributed by atoms with E-state index >= 15 is 0 Å². The van der Waals surface area contributed by atoms with E-state index < -0.39 is 5.54 Å². The summed E-state index contributed by atoms with van der Waals surface area (Å²) < 4.78 is 0. The Bertz CT molecular complexity index is 349.